The fourth-order valence-electron chi connectivity index (χ4n) is 1.63. The van der Waals surface area contributed by atoms with E-state index >= 15 is 0 Å². The third-order valence-corrected chi connectivity index (χ3v) is 2.95. The molecule has 0 amide bonds. The van der Waals surface area contributed by atoms with Crippen LogP contribution in [0.1, 0.15) is 24.6 Å². The second-order valence-electron chi connectivity index (χ2n) is 4.44. The van der Waals surface area contributed by atoms with Gasteiger partial charge in [-0.05, 0) is 24.1 Å². The van der Waals surface area contributed by atoms with E-state index in [0.29, 0.717) is 13.2 Å². The molecular formula is C15H18ClN3O. The van der Waals surface area contributed by atoms with E-state index in [9.17, 15) is 0 Å². The molecule has 0 unspecified atom stereocenters. The maximum absolute atomic E-state index is 5.83. The highest BCUT2D eigenvalue weighted by Crippen LogP contribution is 2.11. The van der Waals surface area contributed by atoms with E-state index in [-0.39, 0.29) is 0 Å². The number of aromatic nitrogens is 2. The number of hydrogen-bond acceptors (Lipinski definition) is 4. The Morgan fingerprint density at radius 2 is 1.90 bits per heavy atom. The van der Waals surface area contributed by atoms with Gasteiger partial charge in [-0.3, -0.25) is 4.98 Å². The highest BCUT2D eigenvalue weighted by Gasteiger charge is 1.99. The zero-order chi connectivity index (χ0) is 14.2. The average molecular weight is 292 g/mol. The van der Waals surface area contributed by atoms with E-state index in [2.05, 4.69) is 22.2 Å². The minimum atomic E-state index is 0.448. The average Bonchev–Trinajstić information content (AvgIpc) is 2.48. The quantitative estimate of drug-likeness (QED) is 0.845. The second-order valence-corrected chi connectivity index (χ2v) is 4.88. The van der Waals surface area contributed by atoms with E-state index in [0.717, 1.165) is 35.1 Å². The van der Waals surface area contributed by atoms with Crippen molar-refractivity contribution < 1.29 is 4.74 Å². The molecule has 0 radical (unpaired) electrons. The van der Waals surface area contributed by atoms with Crippen molar-refractivity contribution in [1.29, 1.82) is 0 Å². The van der Waals surface area contributed by atoms with Gasteiger partial charge in [0.2, 0.25) is 0 Å². The maximum Gasteiger partial charge on any atom is 0.144 e. The van der Waals surface area contributed by atoms with Gasteiger partial charge in [0.25, 0.3) is 0 Å². The Bertz CT molecular complexity index is 514. The van der Waals surface area contributed by atoms with Crippen LogP contribution in [0.25, 0.3) is 0 Å². The Morgan fingerprint density at radius 1 is 1.10 bits per heavy atom. The first-order chi connectivity index (χ1) is 9.78. The van der Waals surface area contributed by atoms with Gasteiger partial charge in [-0.15, -0.1) is 0 Å². The standard InChI is InChI=1S/C15H18ClN3O/c1-2-7-17-15-9-18-14(8-19-15)11-20-10-12-3-5-13(16)6-4-12/h3-6,8-9H,2,7,10-11H2,1H3,(H,17,19). The van der Waals surface area contributed by atoms with Crippen molar-refractivity contribution in [2.24, 2.45) is 0 Å². The molecule has 106 valence electrons. The number of nitrogens with zero attached hydrogens (tertiary/aromatic N) is 2. The lowest BCUT2D eigenvalue weighted by Crippen LogP contribution is -2.04. The van der Waals surface area contributed by atoms with Gasteiger partial charge in [0, 0.05) is 11.6 Å². The molecule has 0 aliphatic carbocycles. The summed E-state index contributed by atoms with van der Waals surface area (Å²) in [7, 11) is 0. The summed E-state index contributed by atoms with van der Waals surface area (Å²) in [5.74, 6) is 0.799. The van der Waals surface area contributed by atoms with Crippen molar-refractivity contribution in [1.82, 2.24) is 9.97 Å². The molecule has 0 aliphatic heterocycles. The summed E-state index contributed by atoms with van der Waals surface area (Å²) in [5.41, 5.74) is 1.91. The number of halogens is 1. The molecule has 1 heterocycles. The zero-order valence-electron chi connectivity index (χ0n) is 11.5. The molecule has 2 aromatic rings. The van der Waals surface area contributed by atoms with E-state index in [4.69, 9.17) is 16.3 Å². The Hall–Kier alpha value is -1.65. The summed E-state index contributed by atoms with van der Waals surface area (Å²) in [6.07, 6.45) is 4.53. The lowest BCUT2D eigenvalue weighted by Gasteiger charge is -2.06. The van der Waals surface area contributed by atoms with E-state index < -0.39 is 0 Å². The van der Waals surface area contributed by atoms with Crippen LogP contribution in [0.2, 0.25) is 5.02 Å². The lowest BCUT2D eigenvalue weighted by atomic mass is 10.2. The lowest BCUT2D eigenvalue weighted by molar-refractivity contribution is 0.104. The van der Waals surface area contributed by atoms with Crippen molar-refractivity contribution in [3.8, 4) is 0 Å². The molecule has 20 heavy (non-hydrogen) atoms. The first-order valence-electron chi connectivity index (χ1n) is 6.65. The van der Waals surface area contributed by atoms with Gasteiger partial charge < -0.3 is 10.1 Å². The Balaban J connectivity index is 1.77. The highest BCUT2D eigenvalue weighted by atomic mass is 35.5. The number of hydrogen-bond donors (Lipinski definition) is 1. The third-order valence-electron chi connectivity index (χ3n) is 2.69. The van der Waals surface area contributed by atoms with Crippen LogP contribution in [0.5, 0.6) is 0 Å². The molecule has 0 aliphatic rings. The largest absolute Gasteiger partial charge is 0.370 e. The Labute approximate surface area is 124 Å². The summed E-state index contributed by atoms with van der Waals surface area (Å²) in [5, 5.41) is 3.91. The van der Waals surface area contributed by atoms with Crippen LogP contribution in [-0.2, 0) is 18.0 Å². The van der Waals surface area contributed by atoms with Gasteiger partial charge in [0.05, 0.1) is 31.3 Å². The molecule has 0 bridgehead atoms. The maximum atomic E-state index is 5.83. The smallest absolute Gasteiger partial charge is 0.144 e. The zero-order valence-corrected chi connectivity index (χ0v) is 12.2. The van der Waals surface area contributed by atoms with E-state index in [1.807, 2.05) is 24.3 Å². The predicted octanol–water partition coefficient (Wildman–Crippen LogP) is 3.67. The highest BCUT2D eigenvalue weighted by molar-refractivity contribution is 6.30. The van der Waals surface area contributed by atoms with Gasteiger partial charge in [0.15, 0.2) is 0 Å². The van der Waals surface area contributed by atoms with Crippen LogP contribution in [0.3, 0.4) is 0 Å². The van der Waals surface area contributed by atoms with Crippen LogP contribution in [-0.4, -0.2) is 16.5 Å². The van der Waals surface area contributed by atoms with Crippen molar-refractivity contribution in [3.63, 3.8) is 0 Å². The number of anilines is 1. The summed E-state index contributed by atoms with van der Waals surface area (Å²) in [4.78, 5) is 8.59. The predicted molar refractivity (Wildman–Crippen MR) is 80.8 cm³/mol. The van der Waals surface area contributed by atoms with Crippen molar-refractivity contribution in [2.75, 3.05) is 11.9 Å². The molecule has 1 aromatic heterocycles. The molecule has 1 N–H and O–H groups in total. The number of nitrogens with one attached hydrogen (secondary N) is 1. The molecule has 0 atom stereocenters. The molecular weight excluding hydrogens is 274 g/mol. The second kappa shape index (κ2) is 7.82. The van der Waals surface area contributed by atoms with Crippen LogP contribution in [0, 0.1) is 0 Å². The summed E-state index contributed by atoms with van der Waals surface area (Å²) < 4.78 is 5.60. The first kappa shape index (κ1) is 14.8. The summed E-state index contributed by atoms with van der Waals surface area (Å²) in [6, 6.07) is 7.61. The van der Waals surface area contributed by atoms with Gasteiger partial charge in [-0.1, -0.05) is 30.7 Å². The number of ether oxygens (including phenoxy) is 1. The van der Waals surface area contributed by atoms with Crippen LogP contribution < -0.4 is 5.32 Å². The molecule has 0 fully saturated rings. The van der Waals surface area contributed by atoms with Crippen LogP contribution in [0.15, 0.2) is 36.7 Å². The van der Waals surface area contributed by atoms with E-state index in [1.165, 1.54) is 0 Å². The van der Waals surface area contributed by atoms with Crippen molar-refractivity contribution >= 4 is 17.4 Å². The van der Waals surface area contributed by atoms with Crippen molar-refractivity contribution in [2.45, 2.75) is 26.6 Å². The molecule has 2 rings (SSSR count). The molecule has 0 spiro atoms. The number of benzene rings is 1. The topological polar surface area (TPSA) is 47.0 Å². The molecule has 4 nitrogen and oxygen atoms in total. The molecule has 0 saturated carbocycles. The van der Waals surface area contributed by atoms with E-state index in [1.54, 1.807) is 12.4 Å². The minimum absolute atomic E-state index is 0.448. The molecule has 5 heteroatoms. The molecule has 1 aromatic carbocycles. The fourth-order valence-corrected chi connectivity index (χ4v) is 1.75. The van der Waals surface area contributed by atoms with Gasteiger partial charge in [-0.2, -0.15) is 0 Å². The first-order valence-corrected chi connectivity index (χ1v) is 7.02. The Morgan fingerprint density at radius 3 is 2.55 bits per heavy atom. The van der Waals surface area contributed by atoms with Crippen LogP contribution in [0.4, 0.5) is 5.82 Å². The van der Waals surface area contributed by atoms with Crippen molar-refractivity contribution in [3.05, 3.63) is 52.9 Å². The van der Waals surface area contributed by atoms with Gasteiger partial charge in [0.1, 0.15) is 5.82 Å². The summed E-state index contributed by atoms with van der Waals surface area (Å²) in [6.45, 7) is 4.00. The van der Waals surface area contributed by atoms with Crippen LogP contribution >= 0.6 is 11.6 Å². The monoisotopic (exact) mass is 291 g/mol. The Kier molecular flexibility index (Phi) is 5.77. The molecule has 0 saturated heterocycles. The minimum Gasteiger partial charge on any atom is -0.370 e. The van der Waals surface area contributed by atoms with Gasteiger partial charge >= 0.3 is 0 Å². The summed E-state index contributed by atoms with van der Waals surface area (Å²) >= 11 is 5.83. The normalized spacial score (nSPS) is 10.5. The fraction of sp³-hybridized carbons (Fsp3) is 0.333. The SMILES string of the molecule is CCCNc1cnc(COCc2ccc(Cl)cc2)cn1. The number of rotatable bonds is 7. The third kappa shape index (κ3) is 4.79. The van der Waals surface area contributed by atoms with Gasteiger partial charge in [-0.25, -0.2) is 4.98 Å².